The third-order valence-electron chi connectivity index (χ3n) is 3.70. The van der Waals surface area contributed by atoms with Crippen molar-refractivity contribution in [1.82, 2.24) is 14.9 Å². The van der Waals surface area contributed by atoms with Gasteiger partial charge in [-0.05, 0) is 36.8 Å². The van der Waals surface area contributed by atoms with Crippen LogP contribution in [0.1, 0.15) is 18.7 Å². The number of halogens is 1. The fourth-order valence-corrected chi connectivity index (χ4v) is 3.89. The number of thiophene rings is 1. The summed E-state index contributed by atoms with van der Waals surface area (Å²) >= 11 is 7.83. The largest absolute Gasteiger partial charge is 0.384 e. The van der Waals surface area contributed by atoms with E-state index in [1.165, 1.54) is 12.8 Å². The first-order chi connectivity index (χ1) is 9.76. The van der Waals surface area contributed by atoms with Gasteiger partial charge in [0, 0.05) is 19.0 Å². The summed E-state index contributed by atoms with van der Waals surface area (Å²) in [6.45, 7) is 3.76. The van der Waals surface area contributed by atoms with Gasteiger partial charge in [-0.1, -0.05) is 11.6 Å². The summed E-state index contributed by atoms with van der Waals surface area (Å²) in [4.78, 5) is 12.4. The second-order valence-electron chi connectivity index (χ2n) is 5.27. The Hall–Kier alpha value is -0.750. The zero-order valence-electron chi connectivity index (χ0n) is 11.5. The van der Waals surface area contributed by atoms with E-state index in [1.807, 2.05) is 11.4 Å². The van der Waals surface area contributed by atoms with Crippen molar-refractivity contribution in [1.29, 1.82) is 0 Å². The van der Waals surface area contributed by atoms with Crippen LogP contribution in [0.5, 0.6) is 0 Å². The minimum Gasteiger partial charge on any atom is -0.384 e. The van der Waals surface area contributed by atoms with Gasteiger partial charge in [-0.3, -0.25) is 4.90 Å². The van der Waals surface area contributed by atoms with E-state index in [9.17, 15) is 0 Å². The van der Waals surface area contributed by atoms with Gasteiger partial charge in [0.05, 0.1) is 13.2 Å². The predicted molar refractivity (Wildman–Crippen MR) is 82.3 cm³/mol. The number of likely N-dealkylation sites (tertiary alicyclic amines) is 1. The Labute approximate surface area is 127 Å². The van der Waals surface area contributed by atoms with Crippen LogP contribution in [0, 0.1) is 5.92 Å². The SMILES string of the molecule is COCC1CCCN(Cc2nc(Cl)c3ccsc3n2)C1. The molecular weight excluding hydrogens is 294 g/mol. The molecule has 0 spiro atoms. The van der Waals surface area contributed by atoms with E-state index < -0.39 is 0 Å². The summed E-state index contributed by atoms with van der Waals surface area (Å²) in [5.41, 5.74) is 0. The van der Waals surface area contributed by atoms with Crippen molar-refractivity contribution in [2.75, 3.05) is 26.8 Å². The van der Waals surface area contributed by atoms with Crippen LogP contribution in [0.15, 0.2) is 11.4 Å². The lowest BCUT2D eigenvalue weighted by atomic mass is 9.99. The van der Waals surface area contributed by atoms with Crippen molar-refractivity contribution < 1.29 is 4.74 Å². The van der Waals surface area contributed by atoms with E-state index in [0.29, 0.717) is 11.1 Å². The van der Waals surface area contributed by atoms with Crippen LogP contribution in [-0.4, -0.2) is 41.7 Å². The van der Waals surface area contributed by atoms with Gasteiger partial charge in [0.15, 0.2) is 0 Å². The molecule has 1 saturated heterocycles. The van der Waals surface area contributed by atoms with Gasteiger partial charge in [0.2, 0.25) is 0 Å². The molecule has 0 bridgehead atoms. The van der Waals surface area contributed by atoms with E-state index in [4.69, 9.17) is 16.3 Å². The normalized spacial score (nSPS) is 20.6. The van der Waals surface area contributed by atoms with Gasteiger partial charge in [-0.25, -0.2) is 9.97 Å². The highest BCUT2D eigenvalue weighted by atomic mass is 35.5. The maximum Gasteiger partial charge on any atom is 0.145 e. The zero-order valence-corrected chi connectivity index (χ0v) is 13.1. The Morgan fingerprint density at radius 1 is 1.50 bits per heavy atom. The molecule has 2 aromatic heterocycles. The Balaban J connectivity index is 1.72. The first-order valence-electron chi connectivity index (χ1n) is 6.87. The molecule has 1 atom stereocenters. The predicted octanol–water partition coefficient (Wildman–Crippen LogP) is 3.20. The Kier molecular flexibility index (Phi) is 4.51. The molecule has 0 saturated carbocycles. The highest BCUT2D eigenvalue weighted by Crippen LogP contribution is 2.25. The summed E-state index contributed by atoms with van der Waals surface area (Å²) in [7, 11) is 1.77. The number of hydrogen-bond acceptors (Lipinski definition) is 5. The molecule has 2 aromatic rings. The fraction of sp³-hybridized carbons (Fsp3) is 0.571. The lowest BCUT2D eigenvalue weighted by Crippen LogP contribution is -2.37. The fourth-order valence-electron chi connectivity index (χ4n) is 2.80. The lowest BCUT2D eigenvalue weighted by molar-refractivity contribution is 0.0862. The maximum absolute atomic E-state index is 6.22. The molecule has 0 aliphatic carbocycles. The van der Waals surface area contributed by atoms with Crippen LogP contribution in [-0.2, 0) is 11.3 Å². The Morgan fingerprint density at radius 3 is 3.25 bits per heavy atom. The molecule has 3 heterocycles. The minimum atomic E-state index is 0.566. The van der Waals surface area contributed by atoms with Crippen molar-refractivity contribution in [3.05, 3.63) is 22.4 Å². The first kappa shape index (κ1) is 14.2. The molecule has 6 heteroatoms. The second kappa shape index (κ2) is 6.35. The van der Waals surface area contributed by atoms with Gasteiger partial charge in [0.1, 0.15) is 15.8 Å². The summed E-state index contributed by atoms with van der Waals surface area (Å²) in [5, 5.41) is 3.53. The average molecular weight is 312 g/mol. The molecule has 0 amide bonds. The molecule has 1 aliphatic heterocycles. The van der Waals surface area contributed by atoms with Crippen LogP contribution in [0.4, 0.5) is 0 Å². The van der Waals surface area contributed by atoms with Crippen molar-refractivity contribution in [2.24, 2.45) is 5.92 Å². The van der Waals surface area contributed by atoms with E-state index in [0.717, 1.165) is 42.3 Å². The standard InChI is InChI=1S/C14H18ClN3OS/c1-19-9-10-3-2-5-18(7-10)8-12-16-13(15)11-4-6-20-14(11)17-12/h4,6,10H,2-3,5,7-9H2,1H3. The van der Waals surface area contributed by atoms with Gasteiger partial charge in [-0.15, -0.1) is 11.3 Å². The number of piperidine rings is 1. The molecule has 0 N–H and O–H groups in total. The Bertz CT molecular complexity index is 587. The second-order valence-corrected chi connectivity index (χ2v) is 6.52. The molecule has 3 rings (SSSR count). The van der Waals surface area contributed by atoms with Crippen LogP contribution in [0.25, 0.3) is 10.2 Å². The van der Waals surface area contributed by atoms with Crippen molar-refractivity contribution in [3.8, 4) is 0 Å². The number of ether oxygens (including phenoxy) is 1. The highest BCUT2D eigenvalue weighted by molar-refractivity contribution is 7.16. The van der Waals surface area contributed by atoms with E-state index >= 15 is 0 Å². The van der Waals surface area contributed by atoms with Gasteiger partial charge in [-0.2, -0.15) is 0 Å². The van der Waals surface area contributed by atoms with Gasteiger partial charge >= 0.3 is 0 Å². The average Bonchev–Trinajstić information content (AvgIpc) is 2.88. The molecule has 4 nitrogen and oxygen atoms in total. The number of hydrogen-bond donors (Lipinski definition) is 0. The third kappa shape index (κ3) is 3.11. The third-order valence-corrected chi connectivity index (χ3v) is 4.79. The molecule has 1 fully saturated rings. The number of rotatable bonds is 4. The van der Waals surface area contributed by atoms with Gasteiger partial charge in [0.25, 0.3) is 0 Å². The van der Waals surface area contributed by atoms with Crippen LogP contribution < -0.4 is 0 Å². The summed E-state index contributed by atoms with van der Waals surface area (Å²) < 4.78 is 5.27. The molecule has 0 aromatic carbocycles. The summed E-state index contributed by atoms with van der Waals surface area (Å²) in [6, 6.07) is 1.97. The van der Waals surface area contributed by atoms with Crippen molar-refractivity contribution >= 4 is 33.2 Å². The van der Waals surface area contributed by atoms with Crippen LogP contribution in [0.3, 0.4) is 0 Å². The summed E-state index contributed by atoms with van der Waals surface area (Å²) in [6.07, 6.45) is 2.46. The van der Waals surface area contributed by atoms with Crippen molar-refractivity contribution in [3.63, 3.8) is 0 Å². The van der Waals surface area contributed by atoms with Crippen LogP contribution in [0.2, 0.25) is 5.15 Å². The Morgan fingerprint density at radius 2 is 2.40 bits per heavy atom. The number of methoxy groups -OCH3 is 1. The van der Waals surface area contributed by atoms with Crippen LogP contribution >= 0.6 is 22.9 Å². The van der Waals surface area contributed by atoms with Gasteiger partial charge < -0.3 is 4.74 Å². The molecule has 1 unspecified atom stereocenters. The maximum atomic E-state index is 6.22. The molecule has 0 radical (unpaired) electrons. The number of nitrogens with zero attached hydrogens (tertiary/aromatic N) is 3. The van der Waals surface area contributed by atoms with E-state index in [-0.39, 0.29) is 0 Å². The number of aromatic nitrogens is 2. The molecule has 108 valence electrons. The zero-order chi connectivity index (χ0) is 13.9. The highest BCUT2D eigenvalue weighted by Gasteiger charge is 2.21. The quantitative estimate of drug-likeness (QED) is 0.813. The first-order valence-corrected chi connectivity index (χ1v) is 8.13. The molecule has 20 heavy (non-hydrogen) atoms. The van der Waals surface area contributed by atoms with Crippen molar-refractivity contribution in [2.45, 2.75) is 19.4 Å². The summed E-state index contributed by atoms with van der Waals surface area (Å²) in [5.74, 6) is 1.44. The smallest absolute Gasteiger partial charge is 0.145 e. The van der Waals surface area contributed by atoms with E-state index in [2.05, 4.69) is 14.9 Å². The molecule has 1 aliphatic rings. The molecular formula is C14H18ClN3OS. The topological polar surface area (TPSA) is 38.2 Å². The monoisotopic (exact) mass is 311 g/mol. The van der Waals surface area contributed by atoms with E-state index in [1.54, 1.807) is 18.4 Å². The lowest BCUT2D eigenvalue weighted by Gasteiger charge is -2.31. The number of fused-ring (bicyclic) bond motifs is 1. The minimum absolute atomic E-state index is 0.566.